The Morgan fingerprint density at radius 3 is 2.87 bits per heavy atom. The van der Waals surface area contributed by atoms with E-state index < -0.39 is 0 Å². The van der Waals surface area contributed by atoms with Crippen molar-refractivity contribution in [3.63, 3.8) is 0 Å². The summed E-state index contributed by atoms with van der Waals surface area (Å²) < 4.78 is 0. The van der Waals surface area contributed by atoms with E-state index in [0.717, 1.165) is 18.1 Å². The minimum atomic E-state index is 0.310. The second-order valence-corrected chi connectivity index (χ2v) is 5.27. The number of fused-ring (bicyclic) bond motifs is 1. The fraction of sp³-hybridized carbons (Fsp3) is 0.364. The van der Waals surface area contributed by atoms with Crippen molar-refractivity contribution in [2.75, 3.05) is 18.8 Å². The lowest BCUT2D eigenvalue weighted by atomic mass is 10.1. The molecule has 3 rings (SSSR count). The number of hydrogen-bond donors (Lipinski definition) is 0. The summed E-state index contributed by atoms with van der Waals surface area (Å²) in [6.45, 7) is 2.18. The third-order valence-electron chi connectivity index (χ3n) is 2.78. The molecule has 1 aromatic rings. The number of amidine groups is 1. The number of aliphatic imine (C=N–C) groups is 1. The van der Waals surface area contributed by atoms with Gasteiger partial charge in [0, 0.05) is 23.9 Å². The molecule has 1 atom stereocenters. The first-order chi connectivity index (χ1) is 7.33. The Morgan fingerprint density at radius 1 is 1.33 bits per heavy atom. The molecule has 0 spiro atoms. The zero-order chi connectivity index (χ0) is 10.3. The van der Waals surface area contributed by atoms with Crippen molar-refractivity contribution in [1.29, 1.82) is 0 Å². The lowest BCUT2D eigenvalue weighted by Gasteiger charge is -2.12. The summed E-state index contributed by atoms with van der Waals surface area (Å²) in [6, 6.07) is 8.33. The highest BCUT2D eigenvalue weighted by Crippen LogP contribution is 2.32. The van der Waals surface area contributed by atoms with Gasteiger partial charge in [-0.3, -0.25) is 4.99 Å². The minimum absolute atomic E-state index is 0.310. The SMILES string of the molecule is Clc1ccc(C2CN3CCSC3=N2)cc1. The molecule has 0 radical (unpaired) electrons. The van der Waals surface area contributed by atoms with Crippen LogP contribution in [0.5, 0.6) is 0 Å². The van der Waals surface area contributed by atoms with Gasteiger partial charge in [-0.1, -0.05) is 35.5 Å². The van der Waals surface area contributed by atoms with Crippen LogP contribution in [0.2, 0.25) is 5.02 Å². The molecular formula is C11H11ClN2S. The third-order valence-corrected chi connectivity index (χ3v) is 4.04. The average Bonchev–Trinajstić information content (AvgIpc) is 2.78. The molecular weight excluding hydrogens is 228 g/mol. The molecule has 0 saturated carbocycles. The Kier molecular flexibility index (Phi) is 2.37. The number of hydrogen-bond acceptors (Lipinski definition) is 3. The van der Waals surface area contributed by atoms with Crippen LogP contribution in [0.25, 0.3) is 0 Å². The first kappa shape index (κ1) is 9.55. The van der Waals surface area contributed by atoms with Crippen molar-refractivity contribution >= 4 is 28.5 Å². The fourth-order valence-corrected chi connectivity index (χ4v) is 3.14. The Bertz CT molecular complexity index is 402. The standard InChI is InChI=1S/C11H11ClN2S/c12-9-3-1-8(2-4-9)10-7-14-5-6-15-11(14)13-10/h1-4,10H,5-7H2. The molecule has 2 aliphatic rings. The summed E-state index contributed by atoms with van der Waals surface area (Å²) in [6.07, 6.45) is 0. The van der Waals surface area contributed by atoms with Gasteiger partial charge in [0.05, 0.1) is 6.04 Å². The molecule has 1 unspecified atom stereocenters. The van der Waals surface area contributed by atoms with Crippen molar-refractivity contribution in [3.05, 3.63) is 34.9 Å². The van der Waals surface area contributed by atoms with E-state index in [0.29, 0.717) is 6.04 Å². The Labute approximate surface area is 98.3 Å². The number of nitrogens with zero attached hydrogens (tertiary/aromatic N) is 2. The molecule has 15 heavy (non-hydrogen) atoms. The summed E-state index contributed by atoms with van der Waals surface area (Å²) in [4.78, 5) is 7.08. The third kappa shape index (κ3) is 1.74. The van der Waals surface area contributed by atoms with E-state index in [-0.39, 0.29) is 0 Å². The molecule has 2 nitrogen and oxygen atoms in total. The van der Waals surface area contributed by atoms with Crippen molar-refractivity contribution in [2.24, 2.45) is 4.99 Å². The van der Waals surface area contributed by atoms with E-state index in [4.69, 9.17) is 16.6 Å². The second-order valence-electron chi connectivity index (χ2n) is 3.77. The molecule has 0 aromatic heterocycles. The van der Waals surface area contributed by atoms with E-state index in [1.165, 1.54) is 16.5 Å². The molecule has 78 valence electrons. The zero-order valence-corrected chi connectivity index (χ0v) is 9.76. The van der Waals surface area contributed by atoms with Crippen LogP contribution in [0, 0.1) is 0 Å². The molecule has 1 saturated heterocycles. The highest BCUT2D eigenvalue weighted by Gasteiger charge is 2.29. The summed E-state index contributed by atoms with van der Waals surface area (Å²) in [5.74, 6) is 1.19. The molecule has 4 heteroatoms. The van der Waals surface area contributed by atoms with Gasteiger partial charge in [-0.15, -0.1) is 0 Å². The van der Waals surface area contributed by atoms with Crippen LogP contribution >= 0.6 is 23.4 Å². The number of rotatable bonds is 1. The molecule has 2 aliphatic heterocycles. The van der Waals surface area contributed by atoms with Crippen LogP contribution in [0.4, 0.5) is 0 Å². The van der Waals surface area contributed by atoms with Gasteiger partial charge in [-0.2, -0.15) is 0 Å². The average molecular weight is 239 g/mol. The van der Waals surface area contributed by atoms with Gasteiger partial charge in [-0.05, 0) is 17.7 Å². The van der Waals surface area contributed by atoms with Crippen LogP contribution in [0.1, 0.15) is 11.6 Å². The van der Waals surface area contributed by atoms with Gasteiger partial charge in [0.1, 0.15) is 0 Å². The normalized spacial score (nSPS) is 24.2. The van der Waals surface area contributed by atoms with E-state index in [1.54, 1.807) is 0 Å². The first-order valence-corrected chi connectivity index (χ1v) is 6.40. The summed E-state index contributed by atoms with van der Waals surface area (Å²) >= 11 is 7.73. The van der Waals surface area contributed by atoms with E-state index in [9.17, 15) is 0 Å². The Hall–Kier alpha value is -0.670. The molecule has 1 fully saturated rings. The van der Waals surface area contributed by atoms with Crippen LogP contribution in [0.3, 0.4) is 0 Å². The highest BCUT2D eigenvalue weighted by molar-refractivity contribution is 8.14. The highest BCUT2D eigenvalue weighted by atomic mass is 35.5. The van der Waals surface area contributed by atoms with Gasteiger partial charge in [0.2, 0.25) is 0 Å². The monoisotopic (exact) mass is 238 g/mol. The largest absolute Gasteiger partial charge is 0.348 e. The maximum atomic E-state index is 5.86. The van der Waals surface area contributed by atoms with E-state index in [2.05, 4.69) is 17.0 Å². The summed E-state index contributed by atoms with van der Waals surface area (Å²) in [5, 5.41) is 2.01. The van der Waals surface area contributed by atoms with Crippen molar-refractivity contribution < 1.29 is 0 Å². The van der Waals surface area contributed by atoms with Gasteiger partial charge in [-0.25, -0.2) is 0 Å². The van der Waals surface area contributed by atoms with Crippen molar-refractivity contribution in [3.8, 4) is 0 Å². The second kappa shape index (κ2) is 3.72. The zero-order valence-electron chi connectivity index (χ0n) is 8.19. The summed E-state index contributed by atoms with van der Waals surface area (Å²) in [7, 11) is 0. The molecule has 0 bridgehead atoms. The lowest BCUT2D eigenvalue weighted by molar-refractivity contribution is 0.464. The minimum Gasteiger partial charge on any atom is -0.348 e. The maximum Gasteiger partial charge on any atom is 0.160 e. The van der Waals surface area contributed by atoms with Crippen molar-refractivity contribution in [1.82, 2.24) is 4.90 Å². The maximum absolute atomic E-state index is 5.86. The fourth-order valence-electron chi connectivity index (χ4n) is 1.97. The van der Waals surface area contributed by atoms with Crippen LogP contribution in [0.15, 0.2) is 29.3 Å². The molecule has 1 aromatic carbocycles. The Balaban J connectivity index is 1.85. The summed E-state index contributed by atoms with van der Waals surface area (Å²) in [5.41, 5.74) is 1.27. The number of benzene rings is 1. The first-order valence-electron chi connectivity index (χ1n) is 5.04. The molecule has 0 amide bonds. The molecule has 0 aliphatic carbocycles. The van der Waals surface area contributed by atoms with Gasteiger partial charge >= 0.3 is 0 Å². The predicted molar refractivity (Wildman–Crippen MR) is 65.7 cm³/mol. The van der Waals surface area contributed by atoms with E-state index in [1.807, 2.05) is 23.9 Å². The number of thioether (sulfide) groups is 1. The topological polar surface area (TPSA) is 15.6 Å². The van der Waals surface area contributed by atoms with Crippen LogP contribution in [-0.4, -0.2) is 28.9 Å². The predicted octanol–water partition coefficient (Wildman–Crippen LogP) is 2.80. The lowest BCUT2D eigenvalue weighted by Crippen LogP contribution is -2.21. The smallest absolute Gasteiger partial charge is 0.160 e. The van der Waals surface area contributed by atoms with Crippen LogP contribution < -0.4 is 0 Å². The van der Waals surface area contributed by atoms with Gasteiger partial charge in [0.25, 0.3) is 0 Å². The van der Waals surface area contributed by atoms with Gasteiger partial charge in [0.15, 0.2) is 5.17 Å². The molecule has 2 heterocycles. The molecule has 0 N–H and O–H groups in total. The van der Waals surface area contributed by atoms with Crippen molar-refractivity contribution in [2.45, 2.75) is 6.04 Å². The van der Waals surface area contributed by atoms with E-state index >= 15 is 0 Å². The quantitative estimate of drug-likeness (QED) is 0.748. The van der Waals surface area contributed by atoms with Gasteiger partial charge < -0.3 is 4.90 Å². The van der Waals surface area contributed by atoms with Crippen LogP contribution in [-0.2, 0) is 0 Å². The number of halogens is 1. The Morgan fingerprint density at radius 2 is 2.13 bits per heavy atom.